The zero-order chi connectivity index (χ0) is 22.7. The van der Waals surface area contributed by atoms with Gasteiger partial charge in [0.1, 0.15) is 11.5 Å². The number of piperidine rings is 1. The molecular weight excluding hydrogens is 442 g/mol. The van der Waals surface area contributed by atoms with Gasteiger partial charge in [0.05, 0.1) is 20.3 Å². The van der Waals surface area contributed by atoms with E-state index in [0.29, 0.717) is 67.9 Å². The molecule has 0 bridgehead atoms. The van der Waals surface area contributed by atoms with E-state index in [1.54, 1.807) is 19.2 Å². The van der Waals surface area contributed by atoms with Crippen molar-refractivity contribution in [2.75, 3.05) is 33.4 Å². The summed E-state index contributed by atoms with van der Waals surface area (Å²) in [7, 11) is 1.64. The Hall–Kier alpha value is -3.01. The van der Waals surface area contributed by atoms with Crippen LogP contribution >= 0.6 is 11.5 Å². The average Bonchev–Trinajstić information content (AvgIpc) is 3.49. The predicted octanol–water partition coefficient (Wildman–Crippen LogP) is 3.91. The second kappa shape index (κ2) is 9.46. The molecule has 172 valence electrons. The van der Waals surface area contributed by atoms with E-state index in [1.165, 1.54) is 11.5 Å². The summed E-state index contributed by atoms with van der Waals surface area (Å²) < 4.78 is 27.1. The van der Waals surface area contributed by atoms with E-state index in [4.69, 9.17) is 18.9 Å². The molecule has 2 aromatic carbocycles. The van der Waals surface area contributed by atoms with Crippen molar-refractivity contribution in [1.29, 1.82) is 0 Å². The van der Waals surface area contributed by atoms with E-state index in [9.17, 15) is 4.79 Å². The van der Waals surface area contributed by atoms with Crippen LogP contribution in [-0.4, -0.2) is 59.4 Å². The maximum Gasteiger partial charge on any atom is 0.298 e. The molecule has 0 aliphatic carbocycles. The van der Waals surface area contributed by atoms with Gasteiger partial charge in [-0.2, -0.15) is 9.36 Å². The third-order valence-corrected chi connectivity index (χ3v) is 6.49. The summed E-state index contributed by atoms with van der Waals surface area (Å²) in [6, 6.07) is 15.0. The largest absolute Gasteiger partial charge is 0.497 e. The van der Waals surface area contributed by atoms with Crippen LogP contribution in [0.2, 0.25) is 0 Å². The molecule has 2 saturated heterocycles. The summed E-state index contributed by atoms with van der Waals surface area (Å²) in [5.74, 6) is 1.51. The second-order valence-corrected chi connectivity index (χ2v) is 8.75. The van der Waals surface area contributed by atoms with Gasteiger partial charge in [0.15, 0.2) is 11.6 Å². The van der Waals surface area contributed by atoms with Gasteiger partial charge in [-0.3, -0.25) is 4.79 Å². The minimum absolute atomic E-state index is 0.0238. The monoisotopic (exact) mass is 467 g/mol. The van der Waals surface area contributed by atoms with Gasteiger partial charge in [0.2, 0.25) is 0 Å². The lowest BCUT2D eigenvalue weighted by atomic mass is 10.0. The van der Waals surface area contributed by atoms with Crippen molar-refractivity contribution in [3.05, 3.63) is 65.5 Å². The summed E-state index contributed by atoms with van der Waals surface area (Å²) in [5, 5.41) is 0.438. The van der Waals surface area contributed by atoms with E-state index < -0.39 is 5.79 Å². The lowest BCUT2D eigenvalue weighted by Gasteiger charge is -2.37. The molecule has 0 atom stereocenters. The first-order valence-corrected chi connectivity index (χ1v) is 11.7. The van der Waals surface area contributed by atoms with Crippen LogP contribution in [0.5, 0.6) is 16.7 Å². The Morgan fingerprint density at radius 3 is 2.64 bits per heavy atom. The number of benzene rings is 2. The van der Waals surface area contributed by atoms with Crippen LogP contribution in [0, 0.1) is 0 Å². The smallest absolute Gasteiger partial charge is 0.298 e. The van der Waals surface area contributed by atoms with E-state index in [0.717, 1.165) is 11.3 Å². The van der Waals surface area contributed by atoms with Crippen molar-refractivity contribution in [1.82, 2.24) is 14.3 Å². The van der Waals surface area contributed by atoms with Crippen LogP contribution in [0.4, 0.5) is 0 Å². The van der Waals surface area contributed by atoms with Gasteiger partial charge >= 0.3 is 0 Å². The highest BCUT2D eigenvalue weighted by molar-refractivity contribution is 7.07. The highest BCUT2D eigenvalue weighted by Gasteiger charge is 2.40. The Labute approximate surface area is 196 Å². The maximum absolute atomic E-state index is 13.0. The van der Waals surface area contributed by atoms with Crippen molar-refractivity contribution >= 4 is 17.4 Å². The van der Waals surface area contributed by atoms with Crippen LogP contribution in [0.1, 0.15) is 34.6 Å². The quantitative estimate of drug-likeness (QED) is 0.544. The molecule has 0 unspecified atom stereocenters. The summed E-state index contributed by atoms with van der Waals surface area (Å²) in [5.41, 5.74) is 1.64. The van der Waals surface area contributed by atoms with Crippen LogP contribution in [0.3, 0.4) is 0 Å². The van der Waals surface area contributed by atoms with E-state index in [-0.39, 0.29) is 5.91 Å². The molecule has 2 aliphatic heterocycles. The highest BCUT2D eigenvalue weighted by atomic mass is 32.1. The predicted molar refractivity (Wildman–Crippen MR) is 122 cm³/mol. The number of carbonyl (C=O) groups is 1. The SMILES string of the molecule is COc1cccc(Cc2nsc(Oc3cccc(C(=O)N4CCC5(CC4)OCCO5)c3)n2)c1. The number of rotatable bonds is 6. The third kappa shape index (κ3) is 5.00. The van der Waals surface area contributed by atoms with Gasteiger partial charge in [0.25, 0.3) is 11.1 Å². The number of amides is 1. The molecule has 8 nitrogen and oxygen atoms in total. The molecule has 2 aliphatic rings. The van der Waals surface area contributed by atoms with Gasteiger partial charge in [0, 0.05) is 49.4 Å². The molecular formula is C24H25N3O5S. The number of methoxy groups -OCH3 is 1. The zero-order valence-electron chi connectivity index (χ0n) is 18.4. The Bertz CT molecular complexity index is 1120. The Balaban J connectivity index is 1.21. The molecule has 1 spiro atoms. The molecule has 1 amide bonds. The molecule has 3 heterocycles. The van der Waals surface area contributed by atoms with E-state index in [2.05, 4.69) is 9.36 Å². The minimum atomic E-state index is -0.498. The van der Waals surface area contributed by atoms with Crippen molar-refractivity contribution in [2.24, 2.45) is 0 Å². The van der Waals surface area contributed by atoms with Crippen LogP contribution in [-0.2, 0) is 15.9 Å². The molecule has 0 N–H and O–H groups in total. The molecule has 2 fully saturated rings. The first-order chi connectivity index (χ1) is 16.1. The van der Waals surface area contributed by atoms with Gasteiger partial charge in [-0.1, -0.05) is 18.2 Å². The standard InChI is InChI=1S/C24H25N3O5S/c1-29-19-6-2-4-17(14-19)15-21-25-23(33-26-21)32-20-7-3-5-18(16-20)22(28)27-10-8-24(9-11-27)30-12-13-31-24/h2-7,14,16H,8-13,15H2,1H3. The van der Waals surface area contributed by atoms with Gasteiger partial charge in [-0.15, -0.1) is 0 Å². The number of hydrogen-bond acceptors (Lipinski definition) is 8. The normalized spacial score (nSPS) is 17.3. The average molecular weight is 468 g/mol. The number of nitrogens with zero attached hydrogens (tertiary/aromatic N) is 3. The molecule has 1 aromatic heterocycles. The van der Waals surface area contributed by atoms with Crippen molar-refractivity contribution < 1.29 is 23.7 Å². The van der Waals surface area contributed by atoms with E-state index >= 15 is 0 Å². The lowest BCUT2D eigenvalue weighted by molar-refractivity contribution is -0.181. The highest BCUT2D eigenvalue weighted by Crippen LogP contribution is 2.32. The number of ether oxygens (including phenoxy) is 4. The fraction of sp³-hybridized carbons (Fsp3) is 0.375. The second-order valence-electron chi connectivity index (χ2n) is 8.03. The molecule has 9 heteroatoms. The summed E-state index contributed by atoms with van der Waals surface area (Å²) >= 11 is 1.19. The fourth-order valence-corrected chi connectivity index (χ4v) is 4.70. The van der Waals surface area contributed by atoms with Crippen LogP contribution in [0.15, 0.2) is 48.5 Å². The molecule has 0 saturated carbocycles. The zero-order valence-corrected chi connectivity index (χ0v) is 19.2. The first-order valence-electron chi connectivity index (χ1n) is 10.9. The summed E-state index contributed by atoms with van der Waals surface area (Å²) in [4.78, 5) is 19.3. The Morgan fingerprint density at radius 1 is 1.09 bits per heavy atom. The molecule has 5 rings (SSSR count). The third-order valence-electron chi connectivity index (χ3n) is 5.86. The van der Waals surface area contributed by atoms with E-state index in [1.807, 2.05) is 41.3 Å². The summed E-state index contributed by atoms with van der Waals surface area (Å²) in [6.07, 6.45) is 1.96. The Kier molecular flexibility index (Phi) is 6.26. The molecule has 33 heavy (non-hydrogen) atoms. The first kappa shape index (κ1) is 21.8. The van der Waals surface area contributed by atoms with Gasteiger partial charge in [-0.25, -0.2) is 0 Å². The van der Waals surface area contributed by atoms with Gasteiger partial charge in [-0.05, 0) is 35.9 Å². The number of likely N-dealkylation sites (tertiary alicyclic amines) is 1. The number of aromatic nitrogens is 2. The lowest BCUT2D eigenvalue weighted by Crippen LogP contribution is -2.47. The Morgan fingerprint density at radius 2 is 1.85 bits per heavy atom. The number of carbonyl (C=O) groups excluding carboxylic acids is 1. The minimum Gasteiger partial charge on any atom is -0.497 e. The van der Waals surface area contributed by atoms with Crippen molar-refractivity contribution in [3.63, 3.8) is 0 Å². The van der Waals surface area contributed by atoms with Crippen molar-refractivity contribution in [2.45, 2.75) is 25.0 Å². The summed E-state index contributed by atoms with van der Waals surface area (Å²) in [6.45, 7) is 2.46. The topological polar surface area (TPSA) is 83.0 Å². The van der Waals surface area contributed by atoms with Gasteiger partial charge < -0.3 is 23.8 Å². The molecule has 0 radical (unpaired) electrons. The maximum atomic E-state index is 13.0. The fourth-order valence-electron chi connectivity index (χ4n) is 4.13. The van der Waals surface area contributed by atoms with Crippen molar-refractivity contribution in [3.8, 4) is 16.7 Å². The number of hydrogen-bond donors (Lipinski definition) is 0. The molecule has 3 aromatic rings. The van der Waals surface area contributed by atoms with Crippen LogP contribution < -0.4 is 9.47 Å². The van der Waals surface area contributed by atoms with Crippen LogP contribution in [0.25, 0.3) is 0 Å².